The van der Waals surface area contributed by atoms with Crippen LogP contribution in [0.1, 0.15) is 52.0 Å². The Labute approximate surface area is 182 Å². The molecule has 2 nitrogen and oxygen atoms in total. The Morgan fingerprint density at radius 1 is 0.966 bits per heavy atom. The van der Waals surface area contributed by atoms with Crippen molar-refractivity contribution >= 4 is 29.3 Å². The van der Waals surface area contributed by atoms with Crippen LogP contribution in [0.3, 0.4) is 0 Å². The van der Waals surface area contributed by atoms with Gasteiger partial charge in [0.1, 0.15) is 0 Å². The van der Waals surface area contributed by atoms with E-state index in [-0.39, 0.29) is 11.9 Å². The fraction of sp³-hybridized carbons (Fsp3) is 0.240. The molecule has 4 heteroatoms. The van der Waals surface area contributed by atoms with Crippen molar-refractivity contribution in [2.75, 3.05) is 0 Å². The fourth-order valence-corrected chi connectivity index (χ4v) is 4.07. The van der Waals surface area contributed by atoms with Gasteiger partial charge in [-0.05, 0) is 78.9 Å². The normalized spacial score (nSPS) is 11.9. The Morgan fingerprint density at radius 2 is 1.66 bits per heavy atom. The summed E-state index contributed by atoms with van der Waals surface area (Å²) >= 11 is 7.68. The lowest BCUT2D eigenvalue weighted by atomic mass is 9.99. The maximum Gasteiger partial charge on any atom is 0.251 e. The van der Waals surface area contributed by atoms with E-state index in [1.165, 1.54) is 21.6 Å². The lowest BCUT2D eigenvalue weighted by molar-refractivity contribution is 0.0935. The second-order valence-electron chi connectivity index (χ2n) is 7.22. The molecule has 3 aromatic carbocycles. The number of rotatable bonds is 7. The number of carbonyl (C=O) groups is 1. The van der Waals surface area contributed by atoms with E-state index in [1.807, 2.05) is 48.5 Å². The summed E-state index contributed by atoms with van der Waals surface area (Å²) < 4.78 is 0. The minimum atomic E-state index is -0.0352. The molecule has 0 saturated carbocycles. The summed E-state index contributed by atoms with van der Waals surface area (Å²) in [6.45, 7) is 6.30. The first-order valence-corrected chi connectivity index (χ1v) is 11.2. The second-order valence-corrected chi connectivity index (χ2v) is 8.70. The van der Waals surface area contributed by atoms with Crippen LogP contribution >= 0.6 is 23.4 Å². The van der Waals surface area contributed by atoms with E-state index >= 15 is 0 Å². The van der Waals surface area contributed by atoms with Crippen LogP contribution < -0.4 is 5.32 Å². The van der Waals surface area contributed by atoms with E-state index in [0.717, 1.165) is 22.8 Å². The number of nitrogens with one attached hydrogen (secondary N) is 1. The van der Waals surface area contributed by atoms with Crippen LogP contribution in [0.25, 0.3) is 0 Å². The molecule has 0 unspecified atom stereocenters. The maximum absolute atomic E-state index is 12.7. The summed E-state index contributed by atoms with van der Waals surface area (Å²) in [7, 11) is 0. The smallest absolute Gasteiger partial charge is 0.251 e. The highest BCUT2D eigenvalue weighted by atomic mass is 35.5. The van der Waals surface area contributed by atoms with Crippen molar-refractivity contribution in [3.8, 4) is 0 Å². The molecule has 1 N–H and O–H groups in total. The zero-order chi connectivity index (χ0) is 20.8. The fourth-order valence-electron chi connectivity index (χ4n) is 3.09. The molecule has 0 heterocycles. The van der Waals surface area contributed by atoms with Crippen molar-refractivity contribution in [2.24, 2.45) is 0 Å². The van der Waals surface area contributed by atoms with Crippen LogP contribution in [-0.2, 0) is 5.75 Å². The summed E-state index contributed by atoms with van der Waals surface area (Å²) in [6, 6.07) is 22.1. The monoisotopic (exact) mass is 423 g/mol. The van der Waals surface area contributed by atoms with Crippen molar-refractivity contribution < 1.29 is 4.79 Å². The quantitative estimate of drug-likeness (QED) is 0.409. The maximum atomic E-state index is 12.7. The summed E-state index contributed by atoms with van der Waals surface area (Å²) in [4.78, 5) is 13.9. The van der Waals surface area contributed by atoms with Gasteiger partial charge in [0.05, 0.1) is 6.04 Å². The molecule has 0 aromatic heterocycles. The average Bonchev–Trinajstić information content (AvgIpc) is 2.74. The van der Waals surface area contributed by atoms with Gasteiger partial charge in [-0.1, -0.05) is 48.9 Å². The Morgan fingerprint density at radius 3 is 2.28 bits per heavy atom. The van der Waals surface area contributed by atoms with Crippen LogP contribution in [0.5, 0.6) is 0 Å². The van der Waals surface area contributed by atoms with Crippen molar-refractivity contribution in [1.82, 2.24) is 5.32 Å². The van der Waals surface area contributed by atoms with Gasteiger partial charge in [-0.3, -0.25) is 4.79 Å². The van der Waals surface area contributed by atoms with Gasteiger partial charge in [0, 0.05) is 21.2 Å². The minimum absolute atomic E-state index is 0.0157. The molecule has 1 amide bonds. The third kappa shape index (κ3) is 5.88. The molecule has 0 saturated heterocycles. The molecule has 0 radical (unpaired) electrons. The van der Waals surface area contributed by atoms with Gasteiger partial charge >= 0.3 is 0 Å². The number of amides is 1. The first kappa shape index (κ1) is 21.5. The molecule has 0 aliphatic rings. The van der Waals surface area contributed by atoms with Crippen molar-refractivity contribution in [3.05, 3.63) is 99.6 Å². The van der Waals surface area contributed by atoms with Crippen LogP contribution in [0.15, 0.2) is 71.6 Å². The van der Waals surface area contributed by atoms with Gasteiger partial charge in [0.25, 0.3) is 5.91 Å². The Hall–Kier alpha value is -2.23. The highest BCUT2D eigenvalue weighted by Crippen LogP contribution is 2.25. The van der Waals surface area contributed by atoms with Crippen LogP contribution in [0.4, 0.5) is 0 Å². The van der Waals surface area contributed by atoms with Crippen molar-refractivity contribution in [1.29, 1.82) is 0 Å². The molecule has 150 valence electrons. The molecular weight excluding hydrogens is 398 g/mol. The molecule has 0 aliphatic heterocycles. The molecule has 3 aromatic rings. The first-order valence-electron chi connectivity index (χ1n) is 9.81. The van der Waals surface area contributed by atoms with Crippen LogP contribution in [-0.4, -0.2) is 5.91 Å². The SMILES string of the molecule is CC[C@H](NC(=O)c1ccc(CSc2ccc(Cl)cc2)cc1)c1ccc(C)c(C)c1. The average molecular weight is 424 g/mol. The van der Waals surface area contributed by atoms with E-state index in [4.69, 9.17) is 11.6 Å². The highest BCUT2D eigenvalue weighted by molar-refractivity contribution is 7.98. The van der Waals surface area contributed by atoms with Gasteiger partial charge in [-0.15, -0.1) is 11.8 Å². The number of hydrogen-bond donors (Lipinski definition) is 1. The lowest BCUT2D eigenvalue weighted by Gasteiger charge is -2.19. The Kier molecular flexibility index (Phi) is 7.40. The lowest BCUT2D eigenvalue weighted by Crippen LogP contribution is -2.28. The predicted octanol–water partition coefficient (Wildman–Crippen LogP) is 7.13. The van der Waals surface area contributed by atoms with E-state index in [0.29, 0.717) is 5.56 Å². The van der Waals surface area contributed by atoms with Gasteiger partial charge < -0.3 is 5.32 Å². The topological polar surface area (TPSA) is 29.1 Å². The molecular formula is C25H26ClNOS. The van der Waals surface area contributed by atoms with Crippen molar-refractivity contribution in [3.63, 3.8) is 0 Å². The summed E-state index contributed by atoms with van der Waals surface area (Å²) in [5, 5.41) is 3.92. The molecule has 1 atom stereocenters. The number of hydrogen-bond acceptors (Lipinski definition) is 2. The third-order valence-corrected chi connectivity index (χ3v) is 6.42. The summed E-state index contributed by atoms with van der Waals surface area (Å²) in [5.74, 6) is 0.816. The largest absolute Gasteiger partial charge is 0.345 e. The molecule has 0 fully saturated rings. The summed E-state index contributed by atoms with van der Waals surface area (Å²) in [6.07, 6.45) is 0.851. The second kappa shape index (κ2) is 10.00. The van der Waals surface area contributed by atoms with E-state index < -0.39 is 0 Å². The third-order valence-electron chi connectivity index (χ3n) is 5.08. The van der Waals surface area contributed by atoms with Crippen LogP contribution in [0, 0.1) is 13.8 Å². The molecule has 29 heavy (non-hydrogen) atoms. The zero-order valence-electron chi connectivity index (χ0n) is 17.0. The number of thioether (sulfide) groups is 1. The first-order chi connectivity index (χ1) is 14.0. The minimum Gasteiger partial charge on any atom is -0.345 e. The van der Waals surface area contributed by atoms with E-state index in [9.17, 15) is 4.79 Å². The molecule has 0 spiro atoms. The standard InChI is InChI=1S/C25H26ClNOS/c1-4-24(21-8-5-17(2)18(3)15-21)27-25(28)20-9-6-19(7-10-20)16-29-23-13-11-22(26)12-14-23/h5-15,24H,4,16H2,1-3H3,(H,27,28)/t24-/m0/s1. The van der Waals surface area contributed by atoms with E-state index in [1.54, 1.807) is 11.8 Å². The highest BCUT2D eigenvalue weighted by Gasteiger charge is 2.14. The number of aryl methyl sites for hydroxylation is 2. The number of benzene rings is 3. The van der Waals surface area contributed by atoms with Gasteiger partial charge in [0.2, 0.25) is 0 Å². The molecule has 3 rings (SSSR count). The number of carbonyl (C=O) groups excluding carboxylic acids is 1. The van der Waals surface area contributed by atoms with Crippen LogP contribution in [0.2, 0.25) is 5.02 Å². The number of halogens is 1. The Bertz CT molecular complexity index is 967. The summed E-state index contributed by atoms with van der Waals surface area (Å²) in [5.41, 5.74) is 5.54. The van der Waals surface area contributed by atoms with Gasteiger partial charge in [-0.25, -0.2) is 0 Å². The Balaban J connectivity index is 1.61. The van der Waals surface area contributed by atoms with Crippen molar-refractivity contribution in [2.45, 2.75) is 43.9 Å². The molecule has 0 aliphatic carbocycles. The zero-order valence-corrected chi connectivity index (χ0v) is 18.6. The van der Waals surface area contributed by atoms with Gasteiger partial charge in [0.15, 0.2) is 0 Å². The molecule has 0 bridgehead atoms. The van der Waals surface area contributed by atoms with E-state index in [2.05, 4.69) is 44.3 Å². The predicted molar refractivity (Wildman–Crippen MR) is 124 cm³/mol. The van der Waals surface area contributed by atoms with Gasteiger partial charge in [-0.2, -0.15) is 0 Å².